The second-order valence-corrected chi connectivity index (χ2v) is 12.5. The van der Waals surface area contributed by atoms with Gasteiger partial charge in [-0.15, -0.1) is 0 Å². The normalized spacial score (nSPS) is 30.9. The van der Waals surface area contributed by atoms with E-state index in [1.54, 1.807) is 48.5 Å². The molecule has 15 nitrogen and oxygen atoms in total. The fourth-order valence-electron chi connectivity index (χ4n) is 6.25. The zero-order chi connectivity index (χ0) is 35.2. The Morgan fingerprint density at radius 3 is 2.56 bits per heavy atom. The second kappa shape index (κ2) is 13.6. The number of esters is 1. The summed E-state index contributed by atoms with van der Waals surface area (Å²) in [7, 11) is 0. The van der Waals surface area contributed by atoms with E-state index >= 15 is 0 Å². The number of nitrogens with one attached hydrogen (secondary N) is 1. The number of hydrogen-bond donors (Lipinski definition) is 7. The highest BCUT2D eigenvalue weighted by molar-refractivity contribution is 6.04. The fraction of sp³-hybridized carbons (Fsp3) is 0.371. The molecule has 4 aromatic rings. The third-order valence-corrected chi connectivity index (χ3v) is 9.09. The molecule has 3 aliphatic rings. The number of Topliss-reactive ketones (excluding diaryl/α,β-unsaturated/α-hetero) is 1. The molecule has 0 amide bonds. The highest BCUT2D eigenvalue weighted by atomic mass is 16.8. The molecule has 9 atom stereocenters. The molecule has 2 saturated heterocycles. The Kier molecular flexibility index (Phi) is 9.23. The van der Waals surface area contributed by atoms with E-state index in [9.17, 15) is 40.2 Å². The fourth-order valence-corrected chi connectivity index (χ4v) is 6.25. The number of carbonyl (C=O) groups excluding carboxylic acids is 2. The van der Waals surface area contributed by atoms with Crippen molar-refractivity contribution in [2.45, 2.75) is 61.2 Å². The molecule has 15 heteroatoms. The molecule has 0 aliphatic carbocycles. The van der Waals surface area contributed by atoms with Crippen LogP contribution in [-0.2, 0) is 18.9 Å². The van der Waals surface area contributed by atoms with Gasteiger partial charge in [-0.1, -0.05) is 30.3 Å². The number of rotatable bonds is 9. The number of aromatic hydroxyl groups is 1. The summed E-state index contributed by atoms with van der Waals surface area (Å²) in [6.45, 7) is -1.83. The van der Waals surface area contributed by atoms with Crippen molar-refractivity contribution in [3.05, 3.63) is 89.6 Å². The van der Waals surface area contributed by atoms with Gasteiger partial charge in [0, 0.05) is 23.2 Å². The summed E-state index contributed by atoms with van der Waals surface area (Å²) >= 11 is 0. The Hall–Kier alpha value is -4.58. The number of para-hydroxylation sites is 1. The predicted octanol–water partition coefficient (Wildman–Crippen LogP) is 1.09. The molecular weight excluding hydrogens is 658 g/mol. The van der Waals surface area contributed by atoms with Crippen molar-refractivity contribution in [2.75, 3.05) is 19.8 Å². The van der Waals surface area contributed by atoms with Crippen LogP contribution in [0.2, 0.25) is 0 Å². The monoisotopic (exact) mass is 693 g/mol. The van der Waals surface area contributed by atoms with Crippen molar-refractivity contribution in [3.63, 3.8) is 0 Å². The number of aliphatic hydroxyl groups excluding tert-OH is 4. The molecule has 3 aromatic carbocycles. The SMILES string of the molecule is O=C1C[C@@H](c2ccc(O[C@@H]3O[C@H](CO)[C@@H](O)[C@H](O)[C@H]3O[C@@H]3OC[C@](O)(COC(=O)c4c[nH]c5ccccc45)[C@@H]3O)cc2)Oc2cc(O)ccc21. The predicted molar refractivity (Wildman–Crippen MR) is 169 cm³/mol. The number of aromatic nitrogens is 1. The minimum Gasteiger partial charge on any atom is -0.508 e. The lowest BCUT2D eigenvalue weighted by Gasteiger charge is -2.42. The van der Waals surface area contributed by atoms with Crippen LogP contribution in [0, 0.1) is 0 Å². The topological polar surface area (TPSA) is 227 Å². The van der Waals surface area contributed by atoms with Crippen LogP contribution >= 0.6 is 0 Å². The molecule has 264 valence electrons. The van der Waals surface area contributed by atoms with Crippen LogP contribution in [0.3, 0.4) is 0 Å². The molecule has 1 aromatic heterocycles. The molecule has 4 heterocycles. The average molecular weight is 694 g/mol. The van der Waals surface area contributed by atoms with Crippen molar-refractivity contribution in [1.82, 2.24) is 4.98 Å². The third kappa shape index (κ3) is 6.41. The van der Waals surface area contributed by atoms with E-state index in [1.165, 1.54) is 24.4 Å². The Morgan fingerprint density at radius 1 is 1.00 bits per heavy atom. The summed E-state index contributed by atoms with van der Waals surface area (Å²) in [6, 6.07) is 17.8. The zero-order valence-electron chi connectivity index (χ0n) is 26.3. The number of aromatic amines is 1. The molecule has 0 spiro atoms. The van der Waals surface area contributed by atoms with Gasteiger partial charge >= 0.3 is 5.97 Å². The number of benzene rings is 3. The highest BCUT2D eigenvalue weighted by Crippen LogP contribution is 2.38. The summed E-state index contributed by atoms with van der Waals surface area (Å²) in [5.74, 6) is -0.456. The van der Waals surface area contributed by atoms with Crippen LogP contribution in [0.4, 0.5) is 0 Å². The van der Waals surface area contributed by atoms with Crippen molar-refractivity contribution < 1.29 is 68.6 Å². The van der Waals surface area contributed by atoms with E-state index in [4.69, 9.17) is 28.4 Å². The van der Waals surface area contributed by atoms with Gasteiger partial charge in [0.05, 0.1) is 30.8 Å². The lowest BCUT2D eigenvalue weighted by atomic mass is 9.96. The summed E-state index contributed by atoms with van der Waals surface area (Å²) in [4.78, 5) is 28.5. The van der Waals surface area contributed by atoms with Gasteiger partial charge in [0.25, 0.3) is 0 Å². The molecular formula is C35H35NO14. The number of hydrogen-bond acceptors (Lipinski definition) is 14. The Morgan fingerprint density at radius 2 is 1.78 bits per heavy atom. The van der Waals surface area contributed by atoms with Gasteiger partial charge < -0.3 is 64.0 Å². The number of H-pyrrole nitrogens is 1. The second-order valence-electron chi connectivity index (χ2n) is 12.5. The largest absolute Gasteiger partial charge is 0.508 e. The van der Waals surface area contributed by atoms with E-state index in [-0.39, 0.29) is 35.0 Å². The minimum atomic E-state index is -2.09. The summed E-state index contributed by atoms with van der Waals surface area (Å²) in [5.41, 5.74) is -0.135. The molecule has 3 aliphatic heterocycles. The van der Waals surface area contributed by atoms with Crippen molar-refractivity contribution >= 4 is 22.7 Å². The Bertz CT molecular complexity index is 1860. The molecule has 7 rings (SSSR count). The van der Waals surface area contributed by atoms with Gasteiger partial charge in [0.1, 0.15) is 54.4 Å². The van der Waals surface area contributed by atoms with Crippen molar-refractivity contribution in [3.8, 4) is 17.2 Å². The van der Waals surface area contributed by atoms with E-state index < -0.39 is 80.6 Å². The van der Waals surface area contributed by atoms with E-state index in [2.05, 4.69) is 4.98 Å². The van der Waals surface area contributed by atoms with Crippen molar-refractivity contribution in [2.24, 2.45) is 0 Å². The summed E-state index contributed by atoms with van der Waals surface area (Å²) < 4.78 is 34.3. The number of ether oxygens (including phenoxy) is 6. The van der Waals surface area contributed by atoms with Gasteiger partial charge in [-0.2, -0.15) is 0 Å². The summed E-state index contributed by atoms with van der Waals surface area (Å²) in [5, 5.41) is 64.0. The first-order chi connectivity index (χ1) is 24.0. The number of phenolic OH excluding ortho intramolecular Hbond substituents is 1. The molecule has 0 unspecified atom stereocenters. The standard InChI is InChI=1S/C35H35NO14/c37-14-27-28(40)29(41)30(50-34-31(42)35(44,16-46-34)15-45-32(43)22-13-36-23-4-2-1-3-20(22)23)33(49-27)47-19-8-5-17(6-9-19)25-12-24(39)21-10-7-18(38)11-26(21)48-25/h1-11,13,25,27-31,33-34,36-38,40-42,44H,12,14-16H2/t25-,27+,28+,29-,30+,31+,33+,34-,35+/m0/s1. The Balaban J connectivity index is 1.02. The van der Waals surface area contributed by atoms with E-state index in [1.807, 2.05) is 0 Å². The minimum absolute atomic E-state index is 0.0382. The lowest BCUT2D eigenvalue weighted by Crippen LogP contribution is -2.62. The number of aliphatic hydroxyl groups is 5. The van der Waals surface area contributed by atoms with Gasteiger partial charge in [0.2, 0.25) is 6.29 Å². The van der Waals surface area contributed by atoms with Gasteiger partial charge in [-0.25, -0.2) is 4.79 Å². The smallest absolute Gasteiger partial charge is 0.340 e. The molecule has 0 radical (unpaired) electrons. The third-order valence-electron chi connectivity index (χ3n) is 9.09. The summed E-state index contributed by atoms with van der Waals surface area (Å²) in [6.07, 6.45) is -9.99. The zero-order valence-corrected chi connectivity index (χ0v) is 26.3. The first-order valence-electron chi connectivity index (χ1n) is 15.9. The van der Waals surface area contributed by atoms with E-state index in [0.717, 1.165) is 0 Å². The van der Waals surface area contributed by atoms with E-state index in [0.29, 0.717) is 22.0 Å². The van der Waals surface area contributed by atoms with Crippen molar-refractivity contribution in [1.29, 1.82) is 0 Å². The number of carbonyl (C=O) groups is 2. The van der Waals surface area contributed by atoms with Crippen LogP contribution in [0.15, 0.2) is 72.9 Å². The molecule has 50 heavy (non-hydrogen) atoms. The first-order valence-corrected chi connectivity index (χ1v) is 15.9. The highest BCUT2D eigenvalue weighted by Gasteiger charge is 2.54. The number of fused-ring (bicyclic) bond motifs is 2. The van der Waals surface area contributed by atoms with Crippen LogP contribution < -0.4 is 9.47 Å². The maximum absolute atomic E-state index is 12.8. The maximum atomic E-state index is 12.8. The maximum Gasteiger partial charge on any atom is 0.340 e. The van der Waals surface area contributed by atoms with Crippen LogP contribution in [0.25, 0.3) is 10.9 Å². The number of ketones is 1. The first kappa shape index (κ1) is 33.9. The Labute approximate surface area is 284 Å². The van der Waals surface area contributed by atoms with Gasteiger partial charge in [-0.05, 0) is 35.9 Å². The van der Waals surface area contributed by atoms with Crippen LogP contribution in [0.1, 0.15) is 38.8 Å². The van der Waals surface area contributed by atoms with Gasteiger partial charge in [0.15, 0.2) is 23.8 Å². The number of phenols is 1. The molecule has 0 saturated carbocycles. The average Bonchev–Trinajstić information content (AvgIpc) is 3.67. The van der Waals surface area contributed by atoms with Gasteiger partial charge in [-0.3, -0.25) is 4.79 Å². The lowest BCUT2D eigenvalue weighted by molar-refractivity contribution is -0.318. The quantitative estimate of drug-likeness (QED) is 0.122. The molecule has 2 fully saturated rings. The van der Waals surface area contributed by atoms with Crippen LogP contribution in [0.5, 0.6) is 17.2 Å². The molecule has 7 N–H and O–H groups in total. The van der Waals surface area contributed by atoms with Crippen LogP contribution in [-0.4, -0.2) is 116 Å². The molecule has 0 bridgehead atoms.